The third kappa shape index (κ3) is 5.27. The Morgan fingerprint density at radius 3 is 2.44 bits per heavy atom. The lowest BCUT2D eigenvalue weighted by Gasteiger charge is -2.08. The average molecular weight is 461 g/mol. The topological polar surface area (TPSA) is 64.1 Å². The largest absolute Gasteiger partial charge is 0.494 e. The van der Waals surface area contributed by atoms with Crippen LogP contribution in [-0.4, -0.2) is 23.2 Å². The number of hydrogen-bond donors (Lipinski definition) is 1. The molecule has 0 aliphatic rings. The first-order valence-corrected chi connectivity index (χ1v) is 10.4. The number of halogens is 3. The molecule has 0 aliphatic heterocycles. The first kappa shape index (κ1) is 20.2. The molecule has 140 valence electrons. The minimum absolute atomic E-state index is 0.256. The summed E-state index contributed by atoms with van der Waals surface area (Å²) in [5.41, 5.74) is 1.42. The predicted octanol–water partition coefficient (Wildman–Crippen LogP) is 6.05. The van der Waals surface area contributed by atoms with Crippen LogP contribution in [0.5, 0.6) is 5.75 Å². The van der Waals surface area contributed by atoms with Crippen molar-refractivity contribution in [2.24, 2.45) is 0 Å². The first-order chi connectivity index (χ1) is 13.0. The van der Waals surface area contributed by atoms with Gasteiger partial charge in [0.05, 0.1) is 17.2 Å². The molecule has 3 aromatic rings. The highest BCUT2D eigenvalue weighted by Gasteiger charge is 2.15. The fourth-order valence-electron chi connectivity index (χ4n) is 2.10. The summed E-state index contributed by atoms with van der Waals surface area (Å²) in [5.74, 6) is 0.669. The molecule has 1 N–H and O–H groups in total. The second-order valence-electron chi connectivity index (χ2n) is 5.22. The SMILES string of the molecule is COc1c(Cl)cc(C(=O)Nc2nnc(SCc3ccc(Cl)cc3)s2)cc1Cl. The number of nitrogens with zero attached hydrogens (tertiary/aromatic N) is 2. The van der Waals surface area contributed by atoms with Crippen molar-refractivity contribution < 1.29 is 9.53 Å². The molecule has 0 saturated heterocycles. The third-order valence-electron chi connectivity index (χ3n) is 3.37. The van der Waals surface area contributed by atoms with E-state index in [1.807, 2.05) is 24.3 Å². The number of hydrogen-bond acceptors (Lipinski definition) is 6. The molecule has 0 radical (unpaired) electrons. The van der Waals surface area contributed by atoms with E-state index in [1.165, 1.54) is 42.3 Å². The van der Waals surface area contributed by atoms with E-state index in [9.17, 15) is 4.79 Å². The summed E-state index contributed by atoms with van der Waals surface area (Å²) in [6.07, 6.45) is 0. The molecule has 1 heterocycles. The third-order valence-corrected chi connectivity index (χ3v) is 6.22. The van der Waals surface area contributed by atoms with Crippen molar-refractivity contribution in [2.45, 2.75) is 10.1 Å². The van der Waals surface area contributed by atoms with Crippen molar-refractivity contribution >= 4 is 68.9 Å². The molecule has 1 amide bonds. The molecule has 0 spiro atoms. The van der Waals surface area contributed by atoms with Gasteiger partial charge in [-0.05, 0) is 29.8 Å². The first-order valence-electron chi connectivity index (χ1n) is 7.51. The number of carbonyl (C=O) groups is 1. The van der Waals surface area contributed by atoms with Crippen molar-refractivity contribution in [3.05, 3.63) is 62.6 Å². The smallest absolute Gasteiger partial charge is 0.257 e. The standard InChI is InChI=1S/C17H12Cl3N3O2S2/c1-25-14-12(19)6-10(7-13(14)20)15(24)21-16-22-23-17(27-16)26-8-9-2-4-11(18)5-3-9/h2-7H,8H2,1H3,(H,21,22,24). The van der Waals surface area contributed by atoms with Crippen LogP contribution in [0.2, 0.25) is 15.1 Å². The maximum Gasteiger partial charge on any atom is 0.257 e. The second kappa shape index (κ2) is 9.12. The number of aromatic nitrogens is 2. The molecule has 27 heavy (non-hydrogen) atoms. The Kier molecular flexibility index (Phi) is 6.83. The summed E-state index contributed by atoms with van der Waals surface area (Å²) in [6, 6.07) is 10.6. The van der Waals surface area contributed by atoms with Gasteiger partial charge in [0.25, 0.3) is 5.91 Å². The van der Waals surface area contributed by atoms with Gasteiger partial charge in [0, 0.05) is 16.3 Å². The van der Waals surface area contributed by atoms with E-state index in [0.717, 1.165) is 15.7 Å². The molecule has 3 rings (SSSR count). The normalized spacial score (nSPS) is 10.7. The Balaban J connectivity index is 1.63. The van der Waals surface area contributed by atoms with E-state index < -0.39 is 0 Å². The van der Waals surface area contributed by atoms with Gasteiger partial charge < -0.3 is 4.74 Å². The molecule has 2 aromatic carbocycles. The molecule has 0 saturated carbocycles. The van der Waals surface area contributed by atoms with Crippen LogP contribution in [0.1, 0.15) is 15.9 Å². The number of anilines is 1. The number of benzene rings is 2. The lowest BCUT2D eigenvalue weighted by Crippen LogP contribution is -2.12. The van der Waals surface area contributed by atoms with Gasteiger partial charge in [0.15, 0.2) is 10.1 Å². The lowest BCUT2D eigenvalue weighted by molar-refractivity contribution is 0.102. The molecule has 0 unspecified atom stereocenters. The fourth-order valence-corrected chi connectivity index (χ4v) is 4.57. The monoisotopic (exact) mass is 459 g/mol. The fraction of sp³-hybridized carbons (Fsp3) is 0.118. The summed E-state index contributed by atoms with van der Waals surface area (Å²) in [6.45, 7) is 0. The highest BCUT2D eigenvalue weighted by atomic mass is 35.5. The van der Waals surface area contributed by atoms with Crippen LogP contribution in [0.4, 0.5) is 5.13 Å². The zero-order valence-electron chi connectivity index (χ0n) is 13.8. The van der Waals surface area contributed by atoms with Crippen molar-refractivity contribution in [1.82, 2.24) is 10.2 Å². The van der Waals surface area contributed by atoms with E-state index in [0.29, 0.717) is 21.5 Å². The van der Waals surface area contributed by atoms with Gasteiger partial charge in [-0.25, -0.2) is 0 Å². The highest BCUT2D eigenvalue weighted by Crippen LogP contribution is 2.34. The minimum Gasteiger partial charge on any atom is -0.494 e. The minimum atomic E-state index is -0.383. The second-order valence-corrected chi connectivity index (χ2v) is 8.67. The van der Waals surface area contributed by atoms with E-state index in [2.05, 4.69) is 15.5 Å². The molecule has 5 nitrogen and oxygen atoms in total. The molecular weight excluding hydrogens is 449 g/mol. The zero-order valence-corrected chi connectivity index (χ0v) is 17.7. The Bertz CT molecular complexity index is 941. The van der Waals surface area contributed by atoms with Crippen LogP contribution in [0.25, 0.3) is 0 Å². The summed E-state index contributed by atoms with van der Waals surface area (Å²) >= 11 is 20.8. The van der Waals surface area contributed by atoms with Crippen LogP contribution in [-0.2, 0) is 5.75 Å². The molecule has 1 aromatic heterocycles. The van der Waals surface area contributed by atoms with E-state index in [4.69, 9.17) is 39.5 Å². The Labute approximate surface area is 179 Å². The van der Waals surface area contributed by atoms with E-state index in [-0.39, 0.29) is 16.0 Å². The molecule has 10 heteroatoms. The number of ether oxygens (including phenoxy) is 1. The van der Waals surface area contributed by atoms with Crippen molar-refractivity contribution in [1.29, 1.82) is 0 Å². The van der Waals surface area contributed by atoms with Gasteiger partial charge in [0.1, 0.15) is 0 Å². The van der Waals surface area contributed by atoms with Gasteiger partial charge >= 0.3 is 0 Å². The average Bonchev–Trinajstić information content (AvgIpc) is 3.08. The summed E-state index contributed by atoms with van der Waals surface area (Å²) in [7, 11) is 1.46. The molecule has 0 fully saturated rings. The lowest BCUT2D eigenvalue weighted by atomic mass is 10.2. The number of rotatable bonds is 6. The van der Waals surface area contributed by atoms with Gasteiger partial charge in [-0.2, -0.15) is 0 Å². The maximum absolute atomic E-state index is 12.4. The van der Waals surface area contributed by atoms with E-state index >= 15 is 0 Å². The summed E-state index contributed by atoms with van der Waals surface area (Å²) in [4.78, 5) is 12.4. The number of thioether (sulfide) groups is 1. The number of methoxy groups -OCH3 is 1. The Morgan fingerprint density at radius 2 is 1.81 bits per heavy atom. The zero-order chi connectivity index (χ0) is 19.4. The van der Waals surface area contributed by atoms with Crippen LogP contribution in [0.15, 0.2) is 40.7 Å². The van der Waals surface area contributed by atoms with E-state index in [1.54, 1.807) is 0 Å². The maximum atomic E-state index is 12.4. The summed E-state index contributed by atoms with van der Waals surface area (Å²) in [5, 5.41) is 12.4. The number of amides is 1. The summed E-state index contributed by atoms with van der Waals surface area (Å²) < 4.78 is 5.82. The Morgan fingerprint density at radius 1 is 1.15 bits per heavy atom. The molecule has 0 atom stereocenters. The molecule has 0 aliphatic carbocycles. The van der Waals surface area contributed by atoms with Gasteiger partial charge in [-0.1, -0.05) is 70.0 Å². The van der Waals surface area contributed by atoms with Gasteiger partial charge in [0.2, 0.25) is 5.13 Å². The number of carbonyl (C=O) groups excluding carboxylic acids is 1. The van der Waals surface area contributed by atoms with Crippen LogP contribution in [0, 0.1) is 0 Å². The van der Waals surface area contributed by atoms with Crippen molar-refractivity contribution in [3.63, 3.8) is 0 Å². The van der Waals surface area contributed by atoms with Crippen molar-refractivity contribution in [3.8, 4) is 5.75 Å². The highest BCUT2D eigenvalue weighted by molar-refractivity contribution is 8.00. The number of nitrogens with one attached hydrogen (secondary N) is 1. The molecular formula is C17H12Cl3N3O2S2. The predicted molar refractivity (Wildman–Crippen MR) is 112 cm³/mol. The van der Waals surface area contributed by atoms with Crippen LogP contribution < -0.4 is 10.1 Å². The van der Waals surface area contributed by atoms with Crippen molar-refractivity contribution in [2.75, 3.05) is 12.4 Å². The molecule has 0 bridgehead atoms. The quantitative estimate of drug-likeness (QED) is 0.358. The van der Waals surface area contributed by atoms with Crippen LogP contribution >= 0.6 is 57.9 Å². The van der Waals surface area contributed by atoms with Gasteiger partial charge in [-0.15, -0.1) is 10.2 Å². The Hall–Kier alpha value is -1.51. The van der Waals surface area contributed by atoms with Gasteiger partial charge in [-0.3, -0.25) is 10.1 Å². The van der Waals surface area contributed by atoms with Crippen LogP contribution in [0.3, 0.4) is 0 Å².